The van der Waals surface area contributed by atoms with Gasteiger partial charge in [-0.05, 0) is 42.3 Å². The highest BCUT2D eigenvalue weighted by molar-refractivity contribution is 6.30. The van der Waals surface area contributed by atoms with Gasteiger partial charge in [0.15, 0.2) is 0 Å². The van der Waals surface area contributed by atoms with Crippen LogP contribution in [0.5, 0.6) is 0 Å². The number of aromatic nitrogens is 2. The Kier molecular flexibility index (Phi) is 5.26. The number of nitrogens with one attached hydrogen (secondary N) is 2. The van der Waals surface area contributed by atoms with Gasteiger partial charge in [0, 0.05) is 17.3 Å². The topological polar surface area (TPSA) is 66.9 Å². The molecule has 0 aliphatic rings. The lowest BCUT2D eigenvalue weighted by atomic mass is 10.1. The van der Waals surface area contributed by atoms with Crippen LogP contribution in [0.25, 0.3) is 0 Å². The minimum Gasteiger partial charge on any atom is -0.365 e. The number of benzene rings is 2. The quantitative estimate of drug-likeness (QED) is 0.718. The lowest BCUT2D eigenvalue weighted by Crippen LogP contribution is -2.14. The highest BCUT2D eigenvalue weighted by Crippen LogP contribution is 2.14. The number of anilines is 2. The number of nitrogens with zero attached hydrogens (tertiary/aromatic N) is 2. The smallest absolute Gasteiger partial charge is 0.275 e. The van der Waals surface area contributed by atoms with Gasteiger partial charge in [-0.15, -0.1) is 0 Å². The lowest BCUT2D eigenvalue weighted by Gasteiger charge is -2.08. The monoisotopic (exact) mass is 352 g/mol. The first kappa shape index (κ1) is 16.9. The van der Waals surface area contributed by atoms with E-state index in [0.717, 1.165) is 0 Å². The summed E-state index contributed by atoms with van der Waals surface area (Å²) in [5.41, 5.74) is 3.30. The van der Waals surface area contributed by atoms with Gasteiger partial charge in [0.05, 0.1) is 12.4 Å². The van der Waals surface area contributed by atoms with Crippen molar-refractivity contribution >= 4 is 29.0 Å². The van der Waals surface area contributed by atoms with Crippen LogP contribution in [0.15, 0.2) is 60.9 Å². The molecule has 0 aliphatic heterocycles. The number of rotatable bonds is 5. The van der Waals surface area contributed by atoms with Gasteiger partial charge in [-0.1, -0.05) is 35.9 Å². The van der Waals surface area contributed by atoms with Crippen LogP contribution in [0.3, 0.4) is 0 Å². The van der Waals surface area contributed by atoms with E-state index in [4.69, 9.17) is 11.6 Å². The Balaban J connectivity index is 1.60. The molecule has 2 aromatic carbocycles. The van der Waals surface area contributed by atoms with Crippen molar-refractivity contribution in [3.8, 4) is 0 Å². The minimum absolute atomic E-state index is 0.247. The number of aryl methyl sites for hydroxylation is 1. The van der Waals surface area contributed by atoms with E-state index in [1.54, 1.807) is 30.5 Å². The summed E-state index contributed by atoms with van der Waals surface area (Å²) in [7, 11) is 0. The van der Waals surface area contributed by atoms with Crippen LogP contribution in [0.2, 0.25) is 5.02 Å². The zero-order valence-corrected chi connectivity index (χ0v) is 14.4. The van der Waals surface area contributed by atoms with Crippen molar-refractivity contribution in [3.05, 3.63) is 82.8 Å². The lowest BCUT2D eigenvalue weighted by molar-refractivity contribution is 0.102. The van der Waals surface area contributed by atoms with Crippen molar-refractivity contribution in [2.24, 2.45) is 0 Å². The van der Waals surface area contributed by atoms with Crippen molar-refractivity contribution < 1.29 is 4.79 Å². The molecule has 0 saturated heterocycles. The normalized spacial score (nSPS) is 10.3. The molecule has 3 rings (SSSR count). The molecule has 1 heterocycles. The molecular weight excluding hydrogens is 336 g/mol. The SMILES string of the molecule is Cc1ccccc1CNc1cnc(C(=O)Nc2ccc(Cl)cc2)cn1. The summed E-state index contributed by atoms with van der Waals surface area (Å²) in [6, 6.07) is 15.0. The maximum atomic E-state index is 12.2. The molecule has 0 atom stereocenters. The van der Waals surface area contributed by atoms with E-state index in [1.165, 1.54) is 17.3 Å². The Morgan fingerprint density at radius 2 is 1.80 bits per heavy atom. The van der Waals surface area contributed by atoms with E-state index >= 15 is 0 Å². The van der Waals surface area contributed by atoms with E-state index in [9.17, 15) is 4.79 Å². The predicted octanol–water partition coefficient (Wildman–Crippen LogP) is 4.30. The van der Waals surface area contributed by atoms with Crippen LogP contribution in [0.4, 0.5) is 11.5 Å². The fourth-order valence-electron chi connectivity index (χ4n) is 2.26. The van der Waals surface area contributed by atoms with Crippen LogP contribution < -0.4 is 10.6 Å². The Morgan fingerprint density at radius 3 is 2.48 bits per heavy atom. The molecule has 126 valence electrons. The molecule has 6 heteroatoms. The first-order valence-corrected chi connectivity index (χ1v) is 8.17. The fourth-order valence-corrected chi connectivity index (χ4v) is 2.39. The first-order valence-electron chi connectivity index (χ1n) is 7.79. The second kappa shape index (κ2) is 7.77. The van der Waals surface area contributed by atoms with Crippen molar-refractivity contribution in [3.63, 3.8) is 0 Å². The number of carbonyl (C=O) groups is 1. The highest BCUT2D eigenvalue weighted by atomic mass is 35.5. The van der Waals surface area contributed by atoms with Gasteiger partial charge in [0.1, 0.15) is 11.5 Å². The van der Waals surface area contributed by atoms with Gasteiger partial charge in [-0.2, -0.15) is 0 Å². The largest absolute Gasteiger partial charge is 0.365 e. The molecular formula is C19H17ClN4O. The molecule has 25 heavy (non-hydrogen) atoms. The number of halogens is 1. The third-order valence-corrected chi connectivity index (χ3v) is 3.96. The van der Waals surface area contributed by atoms with Crippen LogP contribution in [0, 0.1) is 6.92 Å². The average molecular weight is 353 g/mol. The predicted molar refractivity (Wildman–Crippen MR) is 99.9 cm³/mol. The van der Waals surface area contributed by atoms with Gasteiger partial charge in [-0.25, -0.2) is 9.97 Å². The third-order valence-electron chi connectivity index (χ3n) is 3.71. The van der Waals surface area contributed by atoms with Crippen molar-refractivity contribution in [1.82, 2.24) is 9.97 Å². The van der Waals surface area contributed by atoms with E-state index in [1.807, 2.05) is 12.1 Å². The number of hydrogen-bond acceptors (Lipinski definition) is 4. The summed E-state index contributed by atoms with van der Waals surface area (Å²) in [4.78, 5) is 20.6. The molecule has 0 bridgehead atoms. The molecule has 0 saturated carbocycles. The first-order chi connectivity index (χ1) is 12.1. The fraction of sp³-hybridized carbons (Fsp3) is 0.105. The van der Waals surface area contributed by atoms with E-state index < -0.39 is 0 Å². The molecule has 3 aromatic rings. The molecule has 0 aliphatic carbocycles. The van der Waals surface area contributed by atoms with Crippen LogP contribution in [-0.4, -0.2) is 15.9 Å². The second-order valence-corrected chi connectivity index (χ2v) is 5.96. The number of carbonyl (C=O) groups excluding carboxylic acids is 1. The Bertz CT molecular complexity index is 863. The molecule has 2 N–H and O–H groups in total. The summed E-state index contributed by atoms with van der Waals surface area (Å²) in [6.45, 7) is 2.71. The molecule has 0 spiro atoms. The van der Waals surface area contributed by atoms with Crippen molar-refractivity contribution in [1.29, 1.82) is 0 Å². The second-order valence-electron chi connectivity index (χ2n) is 5.53. The maximum absolute atomic E-state index is 12.2. The third kappa shape index (κ3) is 4.55. The van der Waals surface area contributed by atoms with E-state index in [0.29, 0.717) is 23.1 Å². The molecule has 5 nitrogen and oxygen atoms in total. The average Bonchev–Trinajstić information content (AvgIpc) is 2.63. The van der Waals surface area contributed by atoms with E-state index in [-0.39, 0.29) is 11.6 Å². The van der Waals surface area contributed by atoms with E-state index in [2.05, 4.69) is 39.7 Å². The van der Waals surface area contributed by atoms with Crippen molar-refractivity contribution in [2.75, 3.05) is 10.6 Å². The summed E-state index contributed by atoms with van der Waals surface area (Å²) in [5.74, 6) is 0.298. The van der Waals surface area contributed by atoms with Crippen LogP contribution in [0.1, 0.15) is 21.6 Å². The molecule has 0 fully saturated rings. The summed E-state index contributed by atoms with van der Waals surface area (Å²) in [5, 5.41) is 6.57. The summed E-state index contributed by atoms with van der Waals surface area (Å²) in [6.07, 6.45) is 3.00. The Hall–Kier alpha value is -2.92. The van der Waals surface area contributed by atoms with Crippen molar-refractivity contribution in [2.45, 2.75) is 13.5 Å². The molecule has 0 unspecified atom stereocenters. The van der Waals surface area contributed by atoms with Gasteiger partial charge in [0.25, 0.3) is 5.91 Å². The van der Waals surface area contributed by atoms with Crippen LogP contribution in [-0.2, 0) is 6.54 Å². The summed E-state index contributed by atoms with van der Waals surface area (Å²) >= 11 is 5.82. The molecule has 1 aromatic heterocycles. The van der Waals surface area contributed by atoms with Gasteiger partial charge in [-0.3, -0.25) is 4.79 Å². The minimum atomic E-state index is -0.319. The Labute approximate surface area is 151 Å². The van der Waals surface area contributed by atoms with Gasteiger partial charge < -0.3 is 10.6 Å². The maximum Gasteiger partial charge on any atom is 0.275 e. The van der Waals surface area contributed by atoms with Gasteiger partial charge >= 0.3 is 0 Å². The van der Waals surface area contributed by atoms with Gasteiger partial charge in [0.2, 0.25) is 0 Å². The number of amides is 1. The zero-order valence-electron chi connectivity index (χ0n) is 13.7. The molecule has 0 radical (unpaired) electrons. The standard InChI is InChI=1S/C19H17ClN4O/c1-13-4-2-3-5-14(13)10-22-18-12-21-17(11-23-18)19(25)24-16-8-6-15(20)7-9-16/h2-9,11-12H,10H2,1H3,(H,22,23)(H,24,25). The number of hydrogen-bond donors (Lipinski definition) is 2. The Morgan fingerprint density at radius 1 is 1.04 bits per heavy atom. The molecule has 1 amide bonds. The highest BCUT2D eigenvalue weighted by Gasteiger charge is 2.08. The summed E-state index contributed by atoms with van der Waals surface area (Å²) < 4.78 is 0. The zero-order chi connectivity index (χ0) is 17.6. The van der Waals surface area contributed by atoms with Crippen LogP contribution >= 0.6 is 11.6 Å².